The molecule has 0 N–H and O–H groups in total. The van der Waals surface area contributed by atoms with Gasteiger partial charge in [0, 0.05) is 11.4 Å². The minimum atomic E-state index is 0.393. The van der Waals surface area contributed by atoms with Crippen molar-refractivity contribution in [2.45, 2.75) is 6.42 Å². The monoisotopic (exact) mass is 260 g/mol. The fourth-order valence-electron chi connectivity index (χ4n) is 1.61. The van der Waals surface area contributed by atoms with E-state index in [0.29, 0.717) is 28.9 Å². The average Bonchev–Trinajstić information content (AvgIpc) is 3.02. The SMILES string of the molecule is Clc1ccc(Cc2noc(-c3ccco3)n2)cc1. The predicted molar refractivity (Wildman–Crippen MR) is 66.3 cm³/mol. The predicted octanol–water partition coefficient (Wildman–Crippen LogP) is 3.57. The summed E-state index contributed by atoms with van der Waals surface area (Å²) >= 11 is 5.82. The first kappa shape index (κ1) is 11.0. The molecular formula is C13H9ClN2O2. The van der Waals surface area contributed by atoms with Crippen LogP contribution in [-0.4, -0.2) is 10.1 Å². The van der Waals surface area contributed by atoms with Crippen molar-refractivity contribution in [3.8, 4) is 11.7 Å². The topological polar surface area (TPSA) is 52.1 Å². The summed E-state index contributed by atoms with van der Waals surface area (Å²) in [6.07, 6.45) is 2.17. The summed E-state index contributed by atoms with van der Waals surface area (Å²) < 4.78 is 10.3. The van der Waals surface area contributed by atoms with Gasteiger partial charge in [0.1, 0.15) is 0 Å². The van der Waals surface area contributed by atoms with E-state index in [-0.39, 0.29) is 0 Å². The van der Waals surface area contributed by atoms with E-state index in [1.807, 2.05) is 24.3 Å². The molecule has 18 heavy (non-hydrogen) atoms. The normalized spacial score (nSPS) is 10.7. The summed E-state index contributed by atoms with van der Waals surface area (Å²) in [6.45, 7) is 0. The Labute approximate surface area is 108 Å². The van der Waals surface area contributed by atoms with E-state index in [0.717, 1.165) is 5.56 Å². The van der Waals surface area contributed by atoms with Gasteiger partial charge >= 0.3 is 0 Å². The van der Waals surface area contributed by atoms with E-state index in [1.165, 1.54) is 0 Å². The second-order valence-corrected chi connectivity index (χ2v) is 4.23. The molecule has 0 fully saturated rings. The lowest BCUT2D eigenvalue weighted by Gasteiger charge is -1.95. The molecule has 0 saturated carbocycles. The van der Waals surface area contributed by atoms with E-state index in [9.17, 15) is 0 Å². The molecule has 1 aromatic carbocycles. The Morgan fingerprint density at radius 2 is 1.94 bits per heavy atom. The number of halogens is 1. The molecule has 0 saturated heterocycles. The number of nitrogens with zero attached hydrogens (tertiary/aromatic N) is 2. The van der Waals surface area contributed by atoms with Crippen LogP contribution >= 0.6 is 11.6 Å². The molecule has 3 aromatic rings. The maximum Gasteiger partial charge on any atom is 0.293 e. The molecule has 0 aliphatic carbocycles. The quantitative estimate of drug-likeness (QED) is 0.722. The Kier molecular flexibility index (Phi) is 2.86. The molecule has 3 rings (SSSR count). The van der Waals surface area contributed by atoms with Crippen LogP contribution in [-0.2, 0) is 6.42 Å². The van der Waals surface area contributed by atoms with Crippen molar-refractivity contribution >= 4 is 11.6 Å². The number of hydrogen-bond acceptors (Lipinski definition) is 4. The summed E-state index contributed by atoms with van der Waals surface area (Å²) in [5, 5.41) is 4.62. The molecule has 4 nitrogen and oxygen atoms in total. The fourth-order valence-corrected chi connectivity index (χ4v) is 1.74. The molecule has 0 aliphatic rings. The molecule has 5 heteroatoms. The van der Waals surface area contributed by atoms with Crippen molar-refractivity contribution in [2.24, 2.45) is 0 Å². The van der Waals surface area contributed by atoms with Gasteiger partial charge in [-0.25, -0.2) is 0 Å². The fraction of sp³-hybridized carbons (Fsp3) is 0.0769. The van der Waals surface area contributed by atoms with Gasteiger partial charge in [0.25, 0.3) is 5.89 Å². The van der Waals surface area contributed by atoms with E-state index >= 15 is 0 Å². The van der Waals surface area contributed by atoms with Gasteiger partial charge in [-0.3, -0.25) is 0 Å². The van der Waals surface area contributed by atoms with Crippen LogP contribution in [0.1, 0.15) is 11.4 Å². The first-order chi connectivity index (χ1) is 8.81. The van der Waals surface area contributed by atoms with Gasteiger partial charge in [0.05, 0.1) is 6.26 Å². The van der Waals surface area contributed by atoms with Crippen molar-refractivity contribution in [1.29, 1.82) is 0 Å². The molecule has 0 atom stereocenters. The van der Waals surface area contributed by atoms with Crippen LogP contribution in [0.15, 0.2) is 51.6 Å². The van der Waals surface area contributed by atoms with Crippen molar-refractivity contribution < 1.29 is 8.94 Å². The highest BCUT2D eigenvalue weighted by Gasteiger charge is 2.11. The van der Waals surface area contributed by atoms with Gasteiger partial charge in [-0.15, -0.1) is 0 Å². The molecule has 90 valence electrons. The van der Waals surface area contributed by atoms with Crippen molar-refractivity contribution in [1.82, 2.24) is 10.1 Å². The van der Waals surface area contributed by atoms with Crippen LogP contribution < -0.4 is 0 Å². The van der Waals surface area contributed by atoms with E-state index in [2.05, 4.69) is 10.1 Å². The van der Waals surface area contributed by atoms with E-state index < -0.39 is 0 Å². The minimum Gasteiger partial charge on any atom is -0.459 e. The van der Waals surface area contributed by atoms with E-state index in [1.54, 1.807) is 18.4 Å². The molecule has 0 bridgehead atoms. The van der Waals surface area contributed by atoms with Crippen LogP contribution in [0.2, 0.25) is 5.02 Å². The van der Waals surface area contributed by atoms with Gasteiger partial charge in [-0.1, -0.05) is 28.9 Å². The van der Waals surface area contributed by atoms with Gasteiger partial charge < -0.3 is 8.94 Å². The first-order valence-electron chi connectivity index (χ1n) is 5.42. The van der Waals surface area contributed by atoms with Crippen LogP contribution in [0.5, 0.6) is 0 Å². The molecule has 0 aliphatic heterocycles. The first-order valence-corrected chi connectivity index (χ1v) is 5.80. The third-order valence-corrected chi connectivity index (χ3v) is 2.73. The lowest BCUT2D eigenvalue weighted by Crippen LogP contribution is -1.90. The van der Waals surface area contributed by atoms with Crippen LogP contribution in [0, 0.1) is 0 Å². The summed E-state index contributed by atoms with van der Waals surface area (Å²) in [6, 6.07) is 11.1. The standard InChI is InChI=1S/C13H9ClN2O2/c14-10-5-3-9(4-6-10)8-12-15-13(18-16-12)11-2-1-7-17-11/h1-7H,8H2. The lowest BCUT2D eigenvalue weighted by atomic mass is 10.1. The zero-order chi connectivity index (χ0) is 12.4. The molecular weight excluding hydrogens is 252 g/mol. The zero-order valence-electron chi connectivity index (χ0n) is 9.34. The van der Waals surface area contributed by atoms with E-state index in [4.69, 9.17) is 20.5 Å². The van der Waals surface area contributed by atoms with Crippen LogP contribution in [0.4, 0.5) is 0 Å². The maximum atomic E-state index is 5.82. The zero-order valence-corrected chi connectivity index (χ0v) is 10.1. The second-order valence-electron chi connectivity index (χ2n) is 3.80. The Bertz CT molecular complexity index is 629. The summed E-state index contributed by atoms with van der Waals surface area (Å²) in [5.41, 5.74) is 1.08. The number of rotatable bonds is 3. The maximum absolute atomic E-state index is 5.82. The molecule has 0 unspecified atom stereocenters. The van der Waals surface area contributed by atoms with Gasteiger partial charge in [0.2, 0.25) is 0 Å². The number of hydrogen-bond donors (Lipinski definition) is 0. The van der Waals surface area contributed by atoms with Crippen molar-refractivity contribution in [3.63, 3.8) is 0 Å². The summed E-state index contributed by atoms with van der Waals surface area (Å²) in [7, 11) is 0. The molecule has 0 radical (unpaired) electrons. The highest BCUT2D eigenvalue weighted by Crippen LogP contribution is 2.18. The summed E-state index contributed by atoms with van der Waals surface area (Å²) in [5.74, 6) is 1.58. The third kappa shape index (κ3) is 2.28. The molecule has 2 aromatic heterocycles. The Morgan fingerprint density at radius 1 is 1.11 bits per heavy atom. The highest BCUT2D eigenvalue weighted by molar-refractivity contribution is 6.30. The van der Waals surface area contributed by atoms with Crippen molar-refractivity contribution in [3.05, 3.63) is 59.1 Å². The Morgan fingerprint density at radius 3 is 2.67 bits per heavy atom. The average molecular weight is 261 g/mol. The molecule has 0 spiro atoms. The lowest BCUT2D eigenvalue weighted by molar-refractivity contribution is 0.410. The Balaban J connectivity index is 1.80. The van der Waals surface area contributed by atoms with Gasteiger partial charge in [-0.05, 0) is 29.8 Å². The third-order valence-electron chi connectivity index (χ3n) is 2.48. The number of benzene rings is 1. The van der Waals surface area contributed by atoms with Crippen LogP contribution in [0.25, 0.3) is 11.7 Å². The molecule has 0 amide bonds. The Hall–Kier alpha value is -2.07. The van der Waals surface area contributed by atoms with Gasteiger partial charge in [-0.2, -0.15) is 4.98 Å². The van der Waals surface area contributed by atoms with Crippen LogP contribution in [0.3, 0.4) is 0 Å². The minimum absolute atomic E-state index is 0.393. The van der Waals surface area contributed by atoms with Crippen molar-refractivity contribution in [2.75, 3.05) is 0 Å². The molecule has 2 heterocycles. The number of furan rings is 1. The largest absolute Gasteiger partial charge is 0.459 e. The smallest absolute Gasteiger partial charge is 0.293 e. The highest BCUT2D eigenvalue weighted by atomic mass is 35.5. The number of aromatic nitrogens is 2. The summed E-state index contributed by atoms with van der Waals surface area (Å²) in [4.78, 5) is 4.27. The second kappa shape index (κ2) is 4.66. The van der Waals surface area contributed by atoms with Gasteiger partial charge in [0.15, 0.2) is 11.6 Å².